The van der Waals surface area contributed by atoms with Crippen molar-refractivity contribution in [3.8, 4) is 0 Å². The van der Waals surface area contributed by atoms with Gasteiger partial charge in [0.05, 0.1) is 18.6 Å². The molecule has 2 aromatic heterocycles. The molecule has 0 unspecified atom stereocenters. The van der Waals surface area contributed by atoms with Crippen LogP contribution in [0.1, 0.15) is 46.7 Å². The molecule has 0 spiro atoms. The molecule has 2 N–H and O–H groups in total. The van der Waals surface area contributed by atoms with Crippen molar-refractivity contribution < 1.29 is 9.53 Å². The number of nitrogens with zero attached hydrogens (tertiary/aromatic N) is 2. The van der Waals surface area contributed by atoms with Crippen molar-refractivity contribution in [1.29, 1.82) is 0 Å². The number of thiophene rings is 1. The molecule has 0 atom stereocenters. The highest BCUT2D eigenvalue weighted by molar-refractivity contribution is 7.18. The summed E-state index contributed by atoms with van der Waals surface area (Å²) in [5, 5.41) is 3.74. The molecule has 1 fully saturated rings. The highest BCUT2D eigenvalue weighted by Gasteiger charge is 2.20. The zero-order valence-electron chi connectivity index (χ0n) is 18.8. The van der Waals surface area contributed by atoms with Crippen LogP contribution < -0.4 is 10.9 Å². The summed E-state index contributed by atoms with van der Waals surface area (Å²) in [6.07, 6.45) is 5.06. The molecule has 174 valence electrons. The van der Waals surface area contributed by atoms with Gasteiger partial charge in [0.2, 0.25) is 5.91 Å². The van der Waals surface area contributed by atoms with Gasteiger partial charge in [-0.15, -0.1) is 11.3 Å². The number of hydrogen-bond acceptors (Lipinski definition) is 6. The second-order valence-electron chi connectivity index (χ2n) is 8.89. The predicted octanol–water partition coefficient (Wildman–Crippen LogP) is 2.94. The largest absolute Gasteiger partial charge is 0.379 e. The SMILES string of the molecule is O=C(CCc1nc2sc3c(c2c(=O)[nH]1)CCCC3)NCc1ccc(CN2CCOCC2)cc1. The number of hydrogen-bond donors (Lipinski definition) is 2. The predicted molar refractivity (Wildman–Crippen MR) is 130 cm³/mol. The van der Waals surface area contributed by atoms with Crippen molar-refractivity contribution >= 4 is 27.5 Å². The van der Waals surface area contributed by atoms with E-state index in [2.05, 4.69) is 44.5 Å². The monoisotopic (exact) mass is 466 g/mol. The molecular formula is C25H30N4O3S. The summed E-state index contributed by atoms with van der Waals surface area (Å²) in [6, 6.07) is 8.39. The van der Waals surface area contributed by atoms with E-state index < -0.39 is 0 Å². The van der Waals surface area contributed by atoms with Gasteiger partial charge in [0, 0.05) is 43.9 Å². The van der Waals surface area contributed by atoms with E-state index in [-0.39, 0.29) is 11.5 Å². The van der Waals surface area contributed by atoms with Gasteiger partial charge in [-0.05, 0) is 42.4 Å². The Morgan fingerprint density at radius 1 is 1.12 bits per heavy atom. The van der Waals surface area contributed by atoms with Crippen LogP contribution in [0.25, 0.3) is 10.2 Å². The Balaban J connectivity index is 1.12. The minimum atomic E-state index is -0.0630. The summed E-state index contributed by atoms with van der Waals surface area (Å²) in [5.41, 5.74) is 3.47. The number of benzene rings is 1. The summed E-state index contributed by atoms with van der Waals surface area (Å²) >= 11 is 1.64. The van der Waals surface area contributed by atoms with Crippen LogP contribution in [0.4, 0.5) is 0 Å². The van der Waals surface area contributed by atoms with Crippen molar-refractivity contribution in [2.45, 2.75) is 51.6 Å². The van der Waals surface area contributed by atoms with Crippen molar-refractivity contribution in [3.63, 3.8) is 0 Å². The van der Waals surface area contributed by atoms with Gasteiger partial charge in [0.1, 0.15) is 10.7 Å². The lowest BCUT2D eigenvalue weighted by molar-refractivity contribution is -0.121. The topological polar surface area (TPSA) is 87.3 Å². The fourth-order valence-electron chi connectivity index (χ4n) is 4.63. The quantitative estimate of drug-likeness (QED) is 0.559. The number of aryl methyl sites for hydroxylation is 3. The fourth-order valence-corrected chi connectivity index (χ4v) is 5.91. The molecule has 0 radical (unpaired) electrons. The van der Waals surface area contributed by atoms with E-state index in [9.17, 15) is 9.59 Å². The molecule has 0 saturated carbocycles. The second kappa shape index (κ2) is 10.2. The Kier molecular flexibility index (Phi) is 6.85. The van der Waals surface area contributed by atoms with E-state index in [1.165, 1.54) is 22.4 Å². The first-order chi connectivity index (χ1) is 16.2. The standard InChI is InChI=1S/C25H30N4O3S/c30-22(26-15-17-5-7-18(8-6-17)16-29-11-13-32-14-12-29)10-9-21-27-24(31)23-19-3-1-2-4-20(19)33-25(23)28-21/h5-8H,1-4,9-16H2,(H,26,30)(H,27,28,31). The number of fused-ring (bicyclic) bond motifs is 3. The smallest absolute Gasteiger partial charge is 0.259 e. The molecule has 33 heavy (non-hydrogen) atoms. The number of carbonyl (C=O) groups excluding carboxylic acids is 1. The van der Waals surface area contributed by atoms with E-state index in [1.54, 1.807) is 11.3 Å². The average Bonchev–Trinajstić information content (AvgIpc) is 3.22. The fraction of sp³-hybridized carbons (Fsp3) is 0.480. The van der Waals surface area contributed by atoms with Crippen LogP contribution in [-0.4, -0.2) is 47.1 Å². The van der Waals surface area contributed by atoms with E-state index >= 15 is 0 Å². The van der Waals surface area contributed by atoms with Crippen LogP contribution in [0.5, 0.6) is 0 Å². The lowest BCUT2D eigenvalue weighted by Gasteiger charge is -2.26. The Labute approximate surface area is 197 Å². The lowest BCUT2D eigenvalue weighted by Crippen LogP contribution is -2.35. The molecule has 0 bridgehead atoms. The Morgan fingerprint density at radius 2 is 1.88 bits per heavy atom. The molecule has 1 amide bonds. The Morgan fingerprint density at radius 3 is 2.70 bits per heavy atom. The highest BCUT2D eigenvalue weighted by Crippen LogP contribution is 2.33. The maximum Gasteiger partial charge on any atom is 0.259 e. The van der Waals surface area contributed by atoms with E-state index in [1.807, 2.05) is 0 Å². The van der Waals surface area contributed by atoms with Crippen LogP contribution in [0, 0.1) is 0 Å². The van der Waals surface area contributed by atoms with Gasteiger partial charge in [0.15, 0.2) is 0 Å². The van der Waals surface area contributed by atoms with E-state index in [4.69, 9.17) is 4.74 Å². The van der Waals surface area contributed by atoms with Crippen molar-refractivity contribution in [3.05, 3.63) is 62.0 Å². The van der Waals surface area contributed by atoms with Crippen LogP contribution >= 0.6 is 11.3 Å². The number of carbonyl (C=O) groups is 1. The number of H-pyrrole nitrogens is 1. The second-order valence-corrected chi connectivity index (χ2v) is 9.97. The van der Waals surface area contributed by atoms with Crippen molar-refractivity contribution in [2.24, 2.45) is 0 Å². The van der Waals surface area contributed by atoms with Gasteiger partial charge in [-0.1, -0.05) is 24.3 Å². The van der Waals surface area contributed by atoms with Gasteiger partial charge < -0.3 is 15.0 Å². The van der Waals surface area contributed by atoms with Crippen molar-refractivity contribution in [1.82, 2.24) is 20.2 Å². The number of nitrogens with one attached hydrogen (secondary N) is 2. The number of aromatic amines is 1. The number of amides is 1. The van der Waals surface area contributed by atoms with Gasteiger partial charge in [-0.3, -0.25) is 14.5 Å². The minimum absolute atomic E-state index is 0.0411. The molecule has 1 aromatic carbocycles. The Hall–Kier alpha value is -2.55. The molecule has 1 saturated heterocycles. The Bertz CT molecular complexity index is 1180. The van der Waals surface area contributed by atoms with Crippen LogP contribution in [-0.2, 0) is 41.9 Å². The van der Waals surface area contributed by atoms with Crippen LogP contribution in [0.2, 0.25) is 0 Å². The molecule has 2 aliphatic rings. The van der Waals surface area contributed by atoms with E-state index in [0.29, 0.717) is 25.2 Å². The molecule has 3 aromatic rings. The first-order valence-corrected chi connectivity index (χ1v) is 12.7. The summed E-state index contributed by atoms with van der Waals surface area (Å²) in [5.74, 6) is 0.550. The molecule has 5 rings (SSSR count). The average molecular weight is 467 g/mol. The molecule has 1 aliphatic carbocycles. The first-order valence-electron chi connectivity index (χ1n) is 11.8. The van der Waals surface area contributed by atoms with Crippen LogP contribution in [0.15, 0.2) is 29.1 Å². The summed E-state index contributed by atoms with van der Waals surface area (Å²) in [6.45, 7) is 4.98. The van der Waals surface area contributed by atoms with Gasteiger partial charge >= 0.3 is 0 Å². The summed E-state index contributed by atoms with van der Waals surface area (Å²) < 4.78 is 5.40. The number of aromatic nitrogens is 2. The molecule has 3 heterocycles. The zero-order chi connectivity index (χ0) is 22.6. The van der Waals surface area contributed by atoms with Gasteiger partial charge in [0.25, 0.3) is 5.56 Å². The number of morpholine rings is 1. The van der Waals surface area contributed by atoms with Crippen molar-refractivity contribution in [2.75, 3.05) is 26.3 Å². The molecular weight excluding hydrogens is 436 g/mol. The molecule has 7 nitrogen and oxygen atoms in total. The maximum atomic E-state index is 12.6. The van der Waals surface area contributed by atoms with E-state index in [0.717, 1.165) is 67.9 Å². The number of rotatable bonds is 7. The third-order valence-corrected chi connectivity index (χ3v) is 7.67. The van der Waals surface area contributed by atoms with Crippen LogP contribution in [0.3, 0.4) is 0 Å². The first kappa shape index (κ1) is 22.3. The third kappa shape index (κ3) is 5.34. The summed E-state index contributed by atoms with van der Waals surface area (Å²) in [7, 11) is 0. The molecule has 1 aliphatic heterocycles. The van der Waals surface area contributed by atoms with Gasteiger partial charge in [-0.25, -0.2) is 4.98 Å². The van der Waals surface area contributed by atoms with Gasteiger partial charge in [-0.2, -0.15) is 0 Å². The molecule has 8 heteroatoms. The zero-order valence-corrected chi connectivity index (χ0v) is 19.6. The number of ether oxygens (including phenoxy) is 1. The summed E-state index contributed by atoms with van der Waals surface area (Å²) in [4.78, 5) is 37.1. The third-order valence-electron chi connectivity index (χ3n) is 6.49. The normalized spacial score (nSPS) is 16.6. The highest BCUT2D eigenvalue weighted by atomic mass is 32.1. The minimum Gasteiger partial charge on any atom is -0.379 e. The lowest BCUT2D eigenvalue weighted by atomic mass is 9.97. The maximum absolute atomic E-state index is 12.6.